The van der Waals surface area contributed by atoms with E-state index < -0.39 is 5.60 Å². The number of rotatable bonds is 2. The Morgan fingerprint density at radius 2 is 1.91 bits per heavy atom. The number of hydrogen-bond donors (Lipinski definition) is 0. The third kappa shape index (κ3) is 5.14. The van der Waals surface area contributed by atoms with Gasteiger partial charge in [0.05, 0.1) is 0 Å². The Hall–Kier alpha value is -0.780. The number of piperazine rings is 1. The smallest absolute Gasteiger partial charge is 0.410 e. The molecule has 0 atom stereocenters. The lowest BCUT2D eigenvalue weighted by Crippen LogP contribution is -2.49. The summed E-state index contributed by atoms with van der Waals surface area (Å²) >= 11 is 9.61. The average molecular weight is 390 g/mol. The van der Waals surface area contributed by atoms with E-state index in [-0.39, 0.29) is 6.09 Å². The maximum absolute atomic E-state index is 12.0. The third-order valence-electron chi connectivity index (χ3n) is 3.43. The van der Waals surface area contributed by atoms with Crippen molar-refractivity contribution in [2.75, 3.05) is 26.2 Å². The van der Waals surface area contributed by atoms with Crippen LogP contribution in [0.2, 0.25) is 5.02 Å². The molecule has 0 aliphatic carbocycles. The molecule has 1 fully saturated rings. The van der Waals surface area contributed by atoms with Gasteiger partial charge < -0.3 is 9.64 Å². The highest BCUT2D eigenvalue weighted by Crippen LogP contribution is 2.23. The number of ether oxygens (including phenoxy) is 1. The summed E-state index contributed by atoms with van der Waals surface area (Å²) in [5, 5.41) is 0.741. The minimum Gasteiger partial charge on any atom is -0.444 e. The summed E-state index contributed by atoms with van der Waals surface area (Å²) in [6.07, 6.45) is -0.226. The molecule has 122 valence electrons. The summed E-state index contributed by atoms with van der Waals surface area (Å²) in [6, 6.07) is 5.82. The van der Waals surface area contributed by atoms with Gasteiger partial charge in [0, 0.05) is 42.2 Å². The van der Waals surface area contributed by atoms with Crippen LogP contribution in [0.25, 0.3) is 0 Å². The van der Waals surface area contributed by atoms with E-state index in [1.165, 1.54) is 5.56 Å². The third-order valence-corrected chi connectivity index (χ3v) is 4.43. The lowest BCUT2D eigenvalue weighted by molar-refractivity contribution is 0.0139. The van der Waals surface area contributed by atoms with Gasteiger partial charge in [0.2, 0.25) is 0 Å². The molecular formula is C16H22BrClN2O2. The molecule has 0 spiro atoms. The van der Waals surface area contributed by atoms with Crippen LogP contribution >= 0.6 is 27.5 Å². The summed E-state index contributed by atoms with van der Waals surface area (Å²) in [4.78, 5) is 16.1. The summed E-state index contributed by atoms with van der Waals surface area (Å²) in [5.74, 6) is 0. The lowest BCUT2D eigenvalue weighted by Gasteiger charge is -2.35. The number of carbonyl (C=O) groups is 1. The molecule has 1 saturated heterocycles. The molecule has 1 aromatic carbocycles. The van der Waals surface area contributed by atoms with E-state index in [0.29, 0.717) is 13.1 Å². The molecule has 22 heavy (non-hydrogen) atoms. The maximum Gasteiger partial charge on any atom is 0.410 e. The zero-order valence-corrected chi connectivity index (χ0v) is 15.6. The van der Waals surface area contributed by atoms with Gasteiger partial charge in [0.15, 0.2) is 0 Å². The maximum atomic E-state index is 12.0. The quantitative estimate of drug-likeness (QED) is 0.761. The van der Waals surface area contributed by atoms with E-state index in [1.54, 1.807) is 4.90 Å². The fraction of sp³-hybridized carbons (Fsp3) is 0.562. The van der Waals surface area contributed by atoms with Crippen molar-refractivity contribution in [1.82, 2.24) is 9.80 Å². The van der Waals surface area contributed by atoms with Gasteiger partial charge in [-0.1, -0.05) is 27.5 Å². The first-order valence-corrected chi connectivity index (χ1v) is 8.56. The van der Waals surface area contributed by atoms with Crippen molar-refractivity contribution >= 4 is 33.6 Å². The first kappa shape index (κ1) is 17.6. The lowest BCUT2D eigenvalue weighted by atomic mass is 10.2. The van der Waals surface area contributed by atoms with Crippen LogP contribution in [-0.4, -0.2) is 47.7 Å². The van der Waals surface area contributed by atoms with Crippen LogP contribution in [0.4, 0.5) is 4.79 Å². The number of hydrogen-bond acceptors (Lipinski definition) is 3. The number of carbonyl (C=O) groups excluding carboxylic acids is 1. The summed E-state index contributed by atoms with van der Waals surface area (Å²) < 4.78 is 6.47. The van der Waals surface area contributed by atoms with E-state index in [9.17, 15) is 4.79 Å². The molecule has 1 aromatic rings. The standard InChI is InChI=1S/C16H22BrClN2O2/c1-16(2,3)22-15(21)20-8-6-19(7-9-20)11-12-10-13(18)4-5-14(12)17/h4-5,10H,6-9,11H2,1-3H3. The Balaban J connectivity index is 1.87. The van der Waals surface area contributed by atoms with Crippen molar-refractivity contribution in [3.05, 3.63) is 33.3 Å². The van der Waals surface area contributed by atoms with Crippen LogP contribution in [0.5, 0.6) is 0 Å². The topological polar surface area (TPSA) is 32.8 Å². The highest BCUT2D eigenvalue weighted by molar-refractivity contribution is 9.10. The van der Waals surface area contributed by atoms with Gasteiger partial charge in [0.25, 0.3) is 0 Å². The number of amides is 1. The monoisotopic (exact) mass is 388 g/mol. The minimum absolute atomic E-state index is 0.226. The second-order valence-electron chi connectivity index (χ2n) is 6.48. The van der Waals surface area contributed by atoms with Gasteiger partial charge in [-0.05, 0) is 44.5 Å². The molecule has 1 heterocycles. The molecule has 1 aliphatic heterocycles. The first-order chi connectivity index (χ1) is 10.2. The van der Waals surface area contributed by atoms with Gasteiger partial charge in [-0.2, -0.15) is 0 Å². The van der Waals surface area contributed by atoms with Crippen LogP contribution in [-0.2, 0) is 11.3 Å². The SMILES string of the molecule is CC(C)(C)OC(=O)N1CCN(Cc2cc(Cl)ccc2Br)CC1. The predicted octanol–water partition coefficient (Wildman–Crippen LogP) is 4.16. The van der Waals surface area contributed by atoms with Crippen LogP contribution in [0, 0.1) is 0 Å². The first-order valence-electron chi connectivity index (χ1n) is 7.39. The highest BCUT2D eigenvalue weighted by Gasteiger charge is 2.25. The van der Waals surface area contributed by atoms with Crippen LogP contribution in [0.15, 0.2) is 22.7 Å². The Morgan fingerprint density at radius 1 is 1.27 bits per heavy atom. The number of halogens is 2. The summed E-state index contributed by atoms with van der Waals surface area (Å²) in [5.41, 5.74) is 0.720. The zero-order valence-electron chi connectivity index (χ0n) is 13.2. The van der Waals surface area contributed by atoms with Gasteiger partial charge in [-0.3, -0.25) is 4.90 Å². The molecule has 2 rings (SSSR count). The summed E-state index contributed by atoms with van der Waals surface area (Å²) in [6.45, 7) is 9.52. The van der Waals surface area contributed by atoms with Crippen molar-refractivity contribution < 1.29 is 9.53 Å². The molecule has 0 aromatic heterocycles. The minimum atomic E-state index is -0.445. The van der Waals surface area contributed by atoms with E-state index >= 15 is 0 Å². The van der Waals surface area contributed by atoms with Gasteiger partial charge in [0.1, 0.15) is 5.60 Å². The van der Waals surface area contributed by atoms with E-state index in [1.807, 2.05) is 39.0 Å². The molecule has 6 heteroatoms. The molecule has 0 saturated carbocycles. The predicted molar refractivity (Wildman–Crippen MR) is 92.2 cm³/mol. The molecule has 0 radical (unpaired) electrons. The number of benzene rings is 1. The normalized spacial score (nSPS) is 16.7. The molecule has 0 bridgehead atoms. The molecule has 0 N–H and O–H groups in total. The van der Waals surface area contributed by atoms with Crippen molar-refractivity contribution in [1.29, 1.82) is 0 Å². The Kier molecular flexibility index (Phi) is 5.75. The summed E-state index contributed by atoms with van der Waals surface area (Å²) in [7, 11) is 0. The van der Waals surface area contributed by atoms with Crippen molar-refractivity contribution in [3.8, 4) is 0 Å². The Labute approximate surface area is 145 Å². The van der Waals surface area contributed by atoms with Crippen molar-refractivity contribution in [2.45, 2.75) is 32.9 Å². The van der Waals surface area contributed by atoms with E-state index in [2.05, 4.69) is 20.8 Å². The highest BCUT2D eigenvalue weighted by atomic mass is 79.9. The van der Waals surface area contributed by atoms with Gasteiger partial charge in [-0.15, -0.1) is 0 Å². The Morgan fingerprint density at radius 3 is 2.50 bits per heavy atom. The van der Waals surface area contributed by atoms with Crippen LogP contribution in [0.3, 0.4) is 0 Å². The van der Waals surface area contributed by atoms with Crippen LogP contribution < -0.4 is 0 Å². The largest absolute Gasteiger partial charge is 0.444 e. The fourth-order valence-electron chi connectivity index (χ4n) is 2.32. The second kappa shape index (κ2) is 7.20. The molecule has 0 unspecified atom stereocenters. The van der Waals surface area contributed by atoms with Gasteiger partial charge >= 0.3 is 6.09 Å². The molecule has 1 amide bonds. The average Bonchev–Trinajstić information content (AvgIpc) is 2.42. The van der Waals surface area contributed by atoms with Crippen molar-refractivity contribution in [3.63, 3.8) is 0 Å². The van der Waals surface area contributed by atoms with E-state index in [0.717, 1.165) is 29.1 Å². The van der Waals surface area contributed by atoms with Gasteiger partial charge in [-0.25, -0.2) is 4.79 Å². The second-order valence-corrected chi connectivity index (χ2v) is 7.77. The molecule has 4 nitrogen and oxygen atoms in total. The zero-order chi connectivity index (χ0) is 16.3. The van der Waals surface area contributed by atoms with E-state index in [4.69, 9.17) is 16.3 Å². The molecular weight excluding hydrogens is 368 g/mol. The van der Waals surface area contributed by atoms with Crippen LogP contribution in [0.1, 0.15) is 26.3 Å². The fourth-order valence-corrected chi connectivity index (χ4v) is 2.89. The van der Waals surface area contributed by atoms with Crippen molar-refractivity contribution in [2.24, 2.45) is 0 Å². The number of nitrogens with zero attached hydrogens (tertiary/aromatic N) is 2. The Bertz CT molecular complexity index is 537. The molecule has 1 aliphatic rings.